The fraction of sp³-hybridized carbons (Fsp3) is 0.800. The lowest BCUT2D eigenvalue weighted by atomic mass is 9.86. The molecule has 1 aliphatic heterocycles. The molecule has 0 aliphatic carbocycles. The molecule has 0 aromatic rings. The summed E-state index contributed by atoms with van der Waals surface area (Å²) in [5, 5.41) is 10.2. The molecule has 70 valence electrons. The molecule has 0 aromatic carbocycles. The topological polar surface area (TPSA) is 23.5 Å². The second kappa shape index (κ2) is 3.58. The number of hydrogen-bond donors (Lipinski definition) is 1. The SMILES string of the molecule is C=CC[C@H]1CN(C)C[C@]1(O)CC. The van der Waals surface area contributed by atoms with Gasteiger partial charge in [0, 0.05) is 19.0 Å². The van der Waals surface area contributed by atoms with Gasteiger partial charge in [-0.05, 0) is 19.9 Å². The highest BCUT2D eigenvalue weighted by molar-refractivity contribution is 4.97. The summed E-state index contributed by atoms with van der Waals surface area (Å²) in [7, 11) is 2.06. The summed E-state index contributed by atoms with van der Waals surface area (Å²) in [6, 6.07) is 0. The number of hydrogen-bond acceptors (Lipinski definition) is 2. The van der Waals surface area contributed by atoms with Crippen LogP contribution in [0, 0.1) is 5.92 Å². The van der Waals surface area contributed by atoms with E-state index in [1.807, 2.05) is 6.08 Å². The highest BCUT2D eigenvalue weighted by atomic mass is 16.3. The van der Waals surface area contributed by atoms with Crippen LogP contribution in [0.25, 0.3) is 0 Å². The van der Waals surface area contributed by atoms with Crippen LogP contribution in [-0.2, 0) is 0 Å². The summed E-state index contributed by atoms with van der Waals surface area (Å²) in [5.41, 5.74) is -0.469. The van der Waals surface area contributed by atoms with Crippen LogP contribution in [0.15, 0.2) is 12.7 Å². The Hall–Kier alpha value is -0.340. The molecular weight excluding hydrogens is 150 g/mol. The lowest BCUT2D eigenvalue weighted by Crippen LogP contribution is -2.36. The normalized spacial score (nSPS) is 37.1. The first-order chi connectivity index (χ1) is 5.62. The zero-order valence-electron chi connectivity index (χ0n) is 8.08. The summed E-state index contributed by atoms with van der Waals surface area (Å²) in [5.74, 6) is 0.380. The van der Waals surface area contributed by atoms with Crippen LogP contribution in [0.3, 0.4) is 0 Å². The van der Waals surface area contributed by atoms with Gasteiger partial charge < -0.3 is 10.0 Å². The van der Waals surface area contributed by atoms with Crippen LogP contribution in [0.1, 0.15) is 19.8 Å². The molecule has 1 heterocycles. The third-order valence-electron chi connectivity index (χ3n) is 2.90. The Kier molecular flexibility index (Phi) is 2.91. The van der Waals surface area contributed by atoms with Crippen molar-refractivity contribution in [2.45, 2.75) is 25.4 Å². The van der Waals surface area contributed by atoms with Crippen LogP contribution in [-0.4, -0.2) is 35.7 Å². The van der Waals surface area contributed by atoms with E-state index >= 15 is 0 Å². The molecule has 0 unspecified atom stereocenters. The molecule has 2 heteroatoms. The average Bonchev–Trinajstić information content (AvgIpc) is 2.29. The van der Waals surface area contributed by atoms with Gasteiger partial charge in [-0.15, -0.1) is 6.58 Å². The van der Waals surface area contributed by atoms with Crippen LogP contribution in [0.2, 0.25) is 0 Å². The van der Waals surface area contributed by atoms with Crippen LogP contribution in [0.5, 0.6) is 0 Å². The Morgan fingerprint density at radius 1 is 1.75 bits per heavy atom. The van der Waals surface area contributed by atoms with Crippen molar-refractivity contribution < 1.29 is 5.11 Å². The summed E-state index contributed by atoms with van der Waals surface area (Å²) >= 11 is 0. The number of likely N-dealkylation sites (tertiary alicyclic amines) is 1. The van der Waals surface area contributed by atoms with Crippen molar-refractivity contribution in [1.29, 1.82) is 0 Å². The number of β-amino-alcohol motifs (C(OH)–C–C–N with tert-alkyl or cyclic N) is 1. The second-order valence-electron chi connectivity index (χ2n) is 3.88. The van der Waals surface area contributed by atoms with Crippen molar-refractivity contribution in [2.75, 3.05) is 20.1 Å². The van der Waals surface area contributed by atoms with E-state index < -0.39 is 5.60 Å². The maximum atomic E-state index is 10.2. The standard InChI is InChI=1S/C10H19NO/c1-4-6-9-7-11(3)8-10(9,12)5-2/h4,9,12H,1,5-8H2,2-3H3/t9-,10+/m0/s1. The maximum absolute atomic E-state index is 10.2. The fourth-order valence-corrected chi connectivity index (χ4v) is 2.10. The largest absolute Gasteiger partial charge is 0.388 e. The fourth-order valence-electron chi connectivity index (χ4n) is 2.10. The minimum Gasteiger partial charge on any atom is -0.388 e. The Balaban J connectivity index is 2.64. The minimum atomic E-state index is -0.469. The van der Waals surface area contributed by atoms with E-state index in [0.717, 1.165) is 25.9 Å². The molecule has 0 radical (unpaired) electrons. The monoisotopic (exact) mass is 169 g/mol. The average molecular weight is 169 g/mol. The predicted octanol–water partition coefficient (Wildman–Crippen LogP) is 1.27. The van der Waals surface area contributed by atoms with E-state index in [9.17, 15) is 5.11 Å². The van der Waals surface area contributed by atoms with Gasteiger partial charge >= 0.3 is 0 Å². The minimum absolute atomic E-state index is 0.380. The Bertz CT molecular complexity index is 169. The highest BCUT2D eigenvalue weighted by Crippen LogP contribution is 2.32. The Morgan fingerprint density at radius 3 is 2.92 bits per heavy atom. The second-order valence-corrected chi connectivity index (χ2v) is 3.88. The molecule has 0 saturated carbocycles. The molecule has 2 atom stereocenters. The molecular formula is C10H19NO. The van der Waals surface area contributed by atoms with Crippen molar-refractivity contribution in [3.8, 4) is 0 Å². The molecule has 0 bridgehead atoms. The molecule has 0 spiro atoms. The van der Waals surface area contributed by atoms with Gasteiger partial charge in [0.05, 0.1) is 5.60 Å². The van der Waals surface area contributed by atoms with Crippen molar-refractivity contribution >= 4 is 0 Å². The summed E-state index contributed by atoms with van der Waals surface area (Å²) in [4.78, 5) is 2.19. The smallest absolute Gasteiger partial charge is 0.0814 e. The Morgan fingerprint density at radius 2 is 2.42 bits per heavy atom. The van der Waals surface area contributed by atoms with Gasteiger partial charge in [0.1, 0.15) is 0 Å². The summed E-state index contributed by atoms with van der Waals surface area (Å²) in [6.07, 6.45) is 3.68. The molecule has 1 saturated heterocycles. The van der Waals surface area contributed by atoms with Gasteiger partial charge in [-0.25, -0.2) is 0 Å². The Labute approximate surface area is 74.9 Å². The summed E-state index contributed by atoms with van der Waals surface area (Å²) < 4.78 is 0. The first kappa shape index (κ1) is 9.75. The zero-order valence-corrected chi connectivity index (χ0v) is 8.08. The molecule has 12 heavy (non-hydrogen) atoms. The van der Waals surface area contributed by atoms with Gasteiger partial charge in [0.2, 0.25) is 0 Å². The molecule has 2 nitrogen and oxygen atoms in total. The van der Waals surface area contributed by atoms with Gasteiger partial charge in [0.25, 0.3) is 0 Å². The molecule has 0 aromatic heterocycles. The molecule has 1 rings (SSSR count). The summed E-state index contributed by atoms with van der Waals surface area (Å²) in [6.45, 7) is 7.57. The quantitative estimate of drug-likeness (QED) is 0.643. The first-order valence-corrected chi connectivity index (χ1v) is 4.64. The maximum Gasteiger partial charge on any atom is 0.0814 e. The van der Waals surface area contributed by atoms with E-state index in [-0.39, 0.29) is 0 Å². The van der Waals surface area contributed by atoms with Gasteiger partial charge in [-0.2, -0.15) is 0 Å². The number of aliphatic hydroxyl groups is 1. The predicted molar refractivity (Wildman–Crippen MR) is 51.0 cm³/mol. The lowest BCUT2D eigenvalue weighted by Gasteiger charge is -2.26. The van der Waals surface area contributed by atoms with Gasteiger partial charge in [-0.1, -0.05) is 13.0 Å². The number of nitrogens with zero attached hydrogens (tertiary/aromatic N) is 1. The molecule has 1 fully saturated rings. The van der Waals surface area contributed by atoms with Gasteiger partial charge in [0.15, 0.2) is 0 Å². The van der Waals surface area contributed by atoms with Crippen molar-refractivity contribution in [1.82, 2.24) is 4.90 Å². The molecule has 1 aliphatic rings. The van der Waals surface area contributed by atoms with Crippen molar-refractivity contribution in [2.24, 2.45) is 5.92 Å². The first-order valence-electron chi connectivity index (χ1n) is 4.64. The van der Waals surface area contributed by atoms with E-state index in [1.165, 1.54) is 0 Å². The van der Waals surface area contributed by atoms with E-state index in [0.29, 0.717) is 5.92 Å². The lowest BCUT2D eigenvalue weighted by molar-refractivity contribution is 0.0103. The third kappa shape index (κ3) is 1.70. The molecule has 1 N–H and O–H groups in total. The van der Waals surface area contributed by atoms with E-state index in [4.69, 9.17) is 0 Å². The highest BCUT2D eigenvalue weighted by Gasteiger charge is 2.41. The van der Waals surface area contributed by atoms with Gasteiger partial charge in [-0.3, -0.25) is 0 Å². The number of allylic oxidation sites excluding steroid dienone is 1. The van der Waals surface area contributed by atoms with Crippen LogP contribution >= 0.6 is 0 Å². The van der Waals surface area contributed by atoms with E-state index in [2.05, 4.69) is 25.5 Å². The van der Waals surface area contributed by atoms with E-state index in [1.54, 1.807) is 0 Å². The zero-order chi connectivity index (χ0) is 9.19. The molecule has 0 amide bonds. The van der Waals surface area contributed by atoms with Crippen molar-refractivity contribution in [3.63, 3.8) is 0 Å². The van der Waals surface area contributed by atoms with Crippen LogP contribution < -0.4 is 0 Å². The number of rotatable bonds is 3. The van der Waals surface area contributed by atoms with Crippen LogP contribution in [0.4, 0.5) is 0 Å². The third-order valence-corrected chi connectivity index (χ3v) is 2.90. The van der Waals surface area contributed by atoms with Crippen molar-refractivity contribution in [3.05, 3.63) is 12.7 Å². The number of likely N-dealkylation sites (N-methyl/N-ethyl adjacent to an activating group) is 1.